The molecule has 21 heavy (non-hydrogen) atoms. The van der Waals surface area contributed by atoms with Crippen molar-refractivity contribution < 1.29 is 44.6 Å². The third-order valence-electron chi connectivity index (χ3n) is 2.58. The van der Waals surface area contributed by atoms with Gasteiger partial charge in [-0.2, -0.15) is 26.3 Å². The van der Waals surface area contributed by atoms with Crippen LogP contribution < -0.4 is 5.73 Å². The SMILES string of the molecule is Nc1cc(C(F)(C(F)F)C(F)(F)F)c(C(F)(F)F)cc1O. The average molecular weight is 327 g/mol. The predicted molar refractivity (Wildman–Crippen MR) is 52.4 cm³/mol. The van der Waals surface area contributed by atoms with Crippen molar-refractivity contribution in [3.8, 4) is 5.75 Å². The van der Waals surface area contributed by atoms with Gasteiger partial charge in [-0.3, -0.25) is 0 Å². The molecule has 0 heterocycles. The molecule has 0 aliphatic heterocycles. The molecule has 0 bridgehead atoms. The monoisotopic (exact) mass is 327 g/mol. The van der Waals surface area contributed by atoms with Crippen LogP contribution in [-0.2, 0) is 11.8 Å². The molecule has 0 radical (unpaired) electrons. The first kappa shape index (κ1) is 17.2. The third kappa shape index (κ3) is 2.81. The second kappa shape index (κ2) is 4.88. The van der Waals surface area contributed by atoms with Crippen LogP contribution in [0.2, 0.25) is 0 Å². The molecule has 2 nitrogen and oxygen atoms in total. The lowest BCUT2D eigenvalue weighted by molar-refractivity contribution is -0.275. The summed E-state index contributed by atoms with van der Waals surface area (Å²) in [7, 11) is 0. The Hall–Kier alpha value is -1.81. The third-order valence-corrected chi connectivity index (χ3v) is 2.58. The van der Waals surface area contributed by atoms with Gasteiger partial charge in [0.1, 0.15) is 5.75 Å². The number of hydrogen-bond acceptors (Lipinski definition) is 2. The number of alkyl halides is 9. The molecule has 0 aliphatic carbocycles. The number of hydrogen-bond donors (Lipinski definition) is 2. The van der Waals surface area contributed by atoms with Crippen molar-refractivity contribution in [1.82, 2.24) is 0 Å². The standard InChI is InChI=1S/C10H6F9NO/c11-7(12)8(13,10(17,18)19)3-1-5(20)6(21)2-4(3)9(14,15)16/h1-2,7,21H,20H2. The number of nitrogen functional groups attached to an aromatic ring is 1. The molecule has 1 unspecified atom stereocenters. The van der Waals surface area contributed by atoms with Crippen molar-refractivity contribution in [2.24, 2.45) is 0 Å². The lowest BCUT2D eigenvalue weighted by atomic mass is 9.89. The lowest BCUT2D eigenvalue weighted by Crippen LogP contribution is -2.45. The van der Waals surface area contributed by atoms with Gasteiger partial charge in [0, 0.05) is 5.56 Å². The van der Waals surface area contributed by atoms with Crippen molar-refractivity contribution in [3.05, 3.63) is 23.3 Å². The van der Waals surface area contributed by atoms with Crippen molar-refractivity contribution >= 4 is 5.69 Å². The minimum Gasteiger partial charge on any atom is -0.506 e. The zero-order valence-corrected chi connectivity index (χ0v) is 9.66. The van der Waals surface area contributed by atoms with E-state index in [4.69, 9.17) is 10.8 Å². The molecular formula is C10H6F9NO. The van der Waals surface area contributed by atoms with Gasteiger partial charge in [0.15, 0.2) is 0 Å². The fraction of sp³-hybridized carbons (Fsp3) is 0.400. The molecule has 0 aromatic heterocycles. The van der Waals surface area contributed by atoms with E-state index in [0.717, 1.165) is 0 Å². The molecule has 0 aliphatic rings. The lowest BCUT2D eigenvalue weighted by Gasteiger charge is -2.30. The summed E-state index contributed by atoms with van der Waals surface area (Å²) in [6.07, 6.45) is -16.8. The Morgan fingerprint density at radius 3 is 1.71 bits per heavy atom. The normalized spacial score (nSPS) is 16.1. The van der Waals surface area contributed by atoms with E-state index in [1.165, 1.54) is 0 Å². The van der Waals surface area contributed by atoms with E-state index in [2.05, 4.69) is 0 Å². The molecule has 0 saturated heterocycles. The van der Waals surface area contributed by atoms with Gasteiger partial charge in [-0.25, -0.2) is 13.2 Å². The van der Waals surface area contributed by atoms with Crippen molar-refractivity contribution in [3.63, 3.8) is 0 Å². The first-order valence-corrected chi connectivity index (χ1v) is 4.96. The topological polar surface area (TPSA) is 46.2 Å². The maximum absolute atomic E-state index is 13.7. The smallest absolute Gasteiger partial charge is 0.432 e. The maximum atomic E-state index is 13.7. The van der Waals surface area contributed by atoms with E-state index in [1.807, 2.05) is 0 Å². The number of phenolic OH excluding ortho intramolecular Hbond substituents is 1. The molecule has 1 rings (SSSR count). The number of phenols is 1. The van der Waals surface area contributed by atoms with E-state index in [1.54, 1.807) is 0 Å². The van der Waals surface area contributed by atoms with Crippen LogP contribution in [0.15, 0.2) is 12.1 Å². The minimum atomic E-state index is -6.33. The summed E-state index contributed by atoms with van der Waals surface area (Å²) in [4.78, 5) is 0. The molecule has 11 heteroatoms. The van der Waals surface area contributed by atoms with Crippen molar-refractivity contribution in [2.45, 2.75) is 24.4 Å². The van der Waals surface area contributed by atoms with Crippen LogP contribution in [0.3, 0.4) is 0 Å². The molecule has 120 valence electrons. The highest BCUT2D eigenvalue weighted by atomic mass is 19.4. The first-order valence-electron chi connectivity index (χ1n) is 4.96. The Morgan fingerprint density at radius 1 is 0.905 bits per heavy atom. The quantitative estimate of drug-likeness (QED) is 0.490. The molecule has 1 aromatic carbocycles. The number of anilines is 1. The molecule has 3 N–H and O–H groups in total. The summed E-state index contributed by atoms with van der Waals surface area (Å²) in [5, 5.41) is 8.98. The van der Waals surface area contributed by atoms with E-state index in [0.29, 0.717) is 0 Å². The van der Waals surface area contributed by atoms with Crippen LogP contribution in [0.4, 0.5) is 45.2 Å². The zero-order chi connectivity index (χ0) is 16.8. The summed E-state index contributed by atoms with van der Waals surface area (Å²) in [5.74, 6) is -1.31. The number of aromatic hydroxyl groups is 1. The Labute approximate surface area is 111 Å². The summed E-state index contributed by atoms with van der Waals surface area (Å²) in [6, 6.07) is -0.648. The highest BCUT2D eigenvalue weighted by Gasteiger charge is 2.66. The fourth-order valence-corrected chi connectivity index (χ4v) is 1.53. The van der Waals surface area contributed by atoms with Gasteiger partial charge in [-0.1, -0.05) is 0 Å². The Bertz CT molecular complexity index is 537. The first-order chi connectivity index (χ1) is 9.23. The number of nitrogens with two attached hydrogens (primary N) is 1. The zero-order valence-electron chi connectivity index (χ0n) is 9.66. The van der Waals surface area contributed by atoms with Gasteiger partial charge in [0.25, 0.3) is 12.1 Å². The van der Waals surface area contributed by atoms with Gasteiger partial charge in [0.05, 0.1) is 11.3 Å². The van der Waals surface area contributed by atoms with E-state index in [-0.39, 0.29) is 12.1 Å². The van der Waals surface area contributed by atoms with Gasteiger partial charge in [0.2, 0.25) is 0 Å². The molecule has 0 amide bonds. The predicted octanol–water partition coefficient (Wildman–Crippen LogP) is 3.99. The highest BCUT2D eigenvalue weighted by molar-refractivity contribution is 5.58. The molecule has 0 fully saturated rings. The Kier molecular flexibility index (Phi) is 4.01. The van der Waals surface area contributed by atoms with Gasteiger partial charge in [-0.15, -0.1) is 0 Å². The Morgan fingerprint density at radius 2 is 1.38 bits per heavy atom. The molecule has 0 saturated carbocycles. The molecule has 1 aromatic rings. The number of rotatable bonds is 2. The molecule has 1 atom stereocenters. The fourth-order valence-electron chi connectivity index (χ4n) is 1.53. The summed E-state index contributed by atoms with van der Waals surface area (Å²) >= 11 is 0. The summed E-state index contributed by atoms with van der Waals surface area (Å²) in [5.41, 5.74) is -6.62. The van der Waals surface area contributed by atoms with Gasteiger partial charge in [-0.05, 0) is 12.1 Å². The summed E-state index contributed by atoms with van der Waals surface area (Å²) < 4.78 is 114. The number of benzene rings is 1. The average Bonchev–Trinajstić information content (AvgIpc) is 2.27. The van der Waals surface area contributed by atoms with Crippen LogP contribution in [0, 0.1) is 0 Å². The van der Waals surface area contributed by atoms with E-state index in [9.17, 15) is 39.5 Å². The highest BCUT2D eigenvalue weighted by Crippen LogP contribution is 2.51. The number of halogens is 9. The van der Waals surface area contributed by atoms with E-state index >= 15 is 0 Å². The molecule has 0 spiro atoms. The van der Waals surface area contributed by atoms with Crippen LogP contribution in [0.1, 0.15) is 11.1 Å². The van der Waals surface area contributed by atoms with Crippen LogP contribution in [0.5, 0.6) is 5.75 Å². The Balaban J connectivity index is 3.79. The van der Waals surface area contributed by atoms with Gasteiger partial charge >= 0.3 is 12.4 Å². The molecular weight excluding hydrogens is 321 g/mol. The maximum Gasteiger partial charge on any atom is 0.432 e. The van der Waals surface area contributed by atoms with Crippen LogP contribution >= 0.6 is 0 Å². The summed E-state index contributed by atoms with van der Waals surface area (Å²) in [6.45, 7) is 0. The van der Waals surface area contributed by atoms with Crippen molar-refractivity contribution in [1.29, 1.82) is 0 Å². The van der Waals surface area contributed by atoms with Crippen molar-refractivity contribution in [2.75, 3.05) is 5.73 Å². The van der Waals surface area contributed by atoms with Crippen LogP contribution in [-0.4, -0.2) is 17.7 Å². The van der Waals surface area contributed by atoms with E-state index < -0.39 is 47.0 Å². The van der Waals surface area contributed by atoms with Crippen LogP contribution in [0.25, 0.3) is 0 Å². The largest absolute Gasteiger partial charge is 0.506 e. The van der Waals surface area contributed by atoms with Gasteiger partial charge < -0.3 is 10.8 Å². The minimum absolute atomic E-state index is 0.308. The second-order valence-electron chi connectivity index (χ2n) is 3.96. The second-order valence-corrected chi connectivity index (χ2v) is 3.96.